The first-order valence-electron chi connectivity index (χ1n) is 7.80. The standard InChI is InChI=1S/C17H23N3O/c21-11-10-20-13-17(12-18-20)19-16-8-6-15(7-9-16)14-4-2-1-3-5-14/h1-5,12-13,15-16,19,21H,6-11H2. The Morgan fingerprint density at radius 1 is 1.14 bits per heavy atom. The molecule has 0 amide bonds. The third-order valence-electron chi connectivity index (χ3n) is 4.33. The third kappa shape index (κ3) is 3.64. The average Bonchev–Trinajstić information content (AvgIpc) is 2.97. The maximum atomic E-state index is 8.91. The Morgan fingerprint density at radius 3 is 2.62 bits per heavy atom. The average molecular weight is 285 g/mol. The molecule has 0 radical (unpaired) electrons. The van der Waals surface area contributed by atoms with Crippen LogP contribution in [0, 0.1) is 0 Å². The molecule has 4 nitrogen and oxygen atoms in total. The first kappa shape index (κ1) is 14.1. The molecule has 1 aromatic heterocycles. The lowest BCUT2D eigenvalue weighted by Crippen LogP contribution is -2.25. The van der Waals surface area contributed by atoms with Crippen LogP contribution in [-0.2, 0) is 6.54 Å². The van der Waals surface area contributed by atoms with Crippen molar-refractivity contribution in [1.82, 2.24) is 9.78 Å². The van der Waals surface area contributed by atoms with Crippen molar-refractivity contribution in [2.75, 3.05) is 11.9 Å². The number of benzene rings is 1. The summed E-state index contributed by atoms with van der Waals surface area (Å²) in [4.78, 5) is 0. The number of aromatic nitrogens is 2. The van der Waals surface area contributed by atoms with Crippen LogP contribution in [0.2, 0.25) is 0 Å². The van der Waals surface area contributed by atoms with E-state index in [0.29, 0.717) is 18.5 Å². The first-order valence-corrected chi connectivity index (χ1v) is 7.80. The van der Waals surface area contributed by atoms with E-state index in [1.54, 1.807) is 4.68 Å². The van der Waals surface area contributed by atoms with Crippen LogP contribution in [-0.4, -0.2) is 27.5 Å². The zero-order valence-electron chi connectivity index (χ0n) is 12.3. The second kappa shape index (κ2) is 6.76. The van der Waals surface area contributed by atoms with Crippen molar-refractivity contribution in [3.63, 3.8) is 0 Å². The minimum Gasteiger partial charge on any atom is -0.394 e. The topological polar surface area (TPSA) is 50.1 Å². The number of aliphatic hydroxyl groups excluding tert-OH is 1. The number of nitrogens with one attached hydrogen (secondary N) is 1. The molecule has 4 heteroatoms. The molecule has 0 aliphatic heterocycles. The minimum absolute atomic E-state index is 0.128. The van der Waals surface area contributed by atoms with Gasteiger partial charge >= 0.3 is 0 Å². The van der Waals surface area contributed by atoms with Gasteiger partial charge in [-0.3, -0.25) is 4.68 Å². The predicted molar refractivity (Wildman–Crippen MR) is 84.4 cm³/mol. The van der Waals surface area contributed by atoms with Gasteiger partial charge < -0.3 is 10.4 Å². The number of rotatable bonds is 5. The Bertz CT molecular complexity index is 544. The van der Waals surface area contributed by atoms with Crippen LogP contribution < -0.4 is 5.32 Å². The van der Waals surface area contributed by atoms with Crippen LogP contribution in [0.1, 0.15) is 37.2 Å². The van der Waals surface area contributed by atoms with E-state index in [4.69, 9.17) is 5.11 Å². The number of hydrogen-bond donors (Lipinski definition) is 2. The van der Waals surface area contributed by atoms with Gasteiger partial charge in [0.2, 0.25) is 0 Å². The number of aliphatic hydroxyl groups is 1. The molecular formula is C17H23N3O. The summed E-state index contributed by atoms with van der Waals surface area (Å²) in [6.07, 6.45) is 8.70. The zero-order chi connectivity index (χ0) is 14.5. The van der Waals surface area contributed by atoms with E-state index in [2.05, 4.69) is 40.7 Å². The van der Waals surface area contributed by atoms with Gasteiger partial charge in [0, 0.05) is 12.2 Å². The van der Waals surface area contributed by atoms with Crippen molar-refractivity contribution in [2.24, 2.45) is 0 Å². The molecule has 3 rings (SSSR count). The van der Waals surface area contributed by atoms with Gasteiger partial charge in [0.05, 0.1) is 25.0 Å². The summed E-state index contributed by atoms with van der Waals surface area (Å²) in [5, 5.41) is 16.7. The summed E-state index contributed by atoms with van der Waals surface area (Å²) in [5.41, 5.74) is 2.54. The molecule has 1 saturated carbocycles. The molecule has 0 saturated heterocycles. The quantitative estimate of drug-likeness (QED) is 0.888. The Morgan fingerprint density at radius 2 is 1.90 bits per heavy atom. The molecule has 112 valence electrons. The van der Waals surface area contributed by atoms with E-state index >= 15 is 0 Å². The highest BCUT2D eigenvalue weighted by Gasteiger charge is 2.22. The number of nitrogens with zero attached hydrogens (tertiary/aromatic N) is 2. The van der Waals surface area contributed by atoms with Crippen molar-refractivity contribution in [1.29, 1.82) is 0 Å². The van der Waals surface area contributed by atoms with E-state index in [1.807, 2.05) is 12.4 Å². The van der Waals surface area contributed by atoms with Gasteiger partial charge in [-0.2, -0.15) is 5.10 Å². The molecule has 1 aliphatic rings. The molecule has 1 aromatic carbocycles. The number of anilines is 1. The van der Waals surface area contributed by atoms with Gasteiger partial charge in [-0.05, 0) is 37.2 Å². The van der Waals surface area contributed by atoms with Crippen LogP contribution in [0.3, 0.4) is 0 Å². The van der Waals surface area contributed by atoms with Gasteiger partial charge in [0.15, 0.2) is 0 Å². The molecule has 0 spiro atoms. The Labute approximate surface area is 125 Å². The molecule has 0 bridgehead atoms. The Balaban J connectivity index is 1.51. The fraction of sp³-hybridized carbons (Fsp3) is 0.471. The van der Waals surface area contributed by atoms with Gasteiger partial charge in [0.1, 0.15) is 0 Å². The highest BCUT2D eigenvalue weighted by molar-refractivity contribution is 5.39. The summed E-state index contributed by atoms with van der Waals surface area (Å²) in [5.74, 6) is 0.710. The highest BCUT2D eigenvalue weighted by Crippen LogP contribution is 2.33. The van der Waals surface area contributed by atoms with E-state index in [-0.39, 0.29) is 6.61 Å². The fourth-order valence-corrected chi connectivity index (χ4v) is 3.19. The van der Waals surface area contributed by atoms with Crippen LogP contribution in [0.25, 0.3) is 0 Å². The van der Waals surface area contributed by atoms with Gasteiger partial charge in [-0.15, -0.1) is 0 Å². The molecule has 1 heterocycles. The van der Waals surface area contributed by atoms with Crippen LogP contribution in [0.5, 0.6) is 0 Å². The fourth-order valence-electron chi connectivity index (χ4n) is 3.19. The van der Waals surface area contributed by atoms with Crippen molar-refractivity contribution in [3.8, 4) is 0 Å². The Hall–Kier alpha value is -1.81. The van der Waals surface area contributed by atoms with Crippen molar-refractivity contribution >= 4 is 5.69 Å². The smallest absolute Gasteiger partial charge is 0.0728 e. The predicted octanol–water partition coefficient (Wildman–Crippen LogP) is 3.01. The molecule has 2 aromatic rings. The molecule has 0 unspecified atom stereocenters. The summed E-state index contributed by atoms with van der Waals surface area (Å²) in [7, 11) is 0. The Kier molecular flexibility index (Phi) is 4.55. The highest BCUT2D eigenvalue weighted by atomic mass is 16.3. The van der Waals surface area contributed by atoms with E-state index in [0.717, 1.165) is 5.69 Å². The largest absolute Gasteiger partial charge is 0.394 e. The molecule has 0 atom stereocenters. The van der Waals surface area contributed by atoms with E-state index < -0.39 is 0 Å². The lowest BCUT2D eigenvalue weighted by Gasteiger charge is -2.29. The summed E-state index contributed by atoms with van der Waals surface area (Å²) in [6, 6.07) is 11.4. The van der Waals surface area contributed by atoms with Gasteiger partial charge in [0.25, 0.3) is 0 Å². The van der Waals surface area contributed by atoms with Crippen LogP contribution in [0.4, 0.5) is 5.69 Å². The first-order chi connectivity index (χ1) is 10.3. The second-order valence-corrected chi connectivity index (χ2v) is 5.82. The molecule has 1 fully saturated rings. The monoisotopic (exact) mass is 285 g/mol. The van der Waals surface area contributed by atoms with Crippen LogP contribution >= 0.6 is 0 Å². The third-order valence-corrected chi connectivity index (χ3v) is 4.33. The maximum Gasteiger partial charge on any atom is 0.0728 e. The SMILES string of the molecule is OCCn1cc(NC2CCC(c3ccccc3)CC2)cn1. The van der Waals surface area contributed by atoms with E-state index in [9.17, 15) is 0 Å². The number of hydrogen-bond acceptors (Lipinski definition) is 3. The normalized spacial score (nSPS) is 22.1. The molecule has 21 heavy (non-hydrogen) atoms. The van der Waals surface area contributed by atoms with Crippen molar-refractivity contribution in [3.05, 3.63) is 48.3 Å². The van der Waals surface area contributed by atoms with Crippen molar-refractivity contribution in [2.45, 2.75) is 44.2 Å². The molecule has 2 N–H and O–H groups in total. The summed E-state index contributed by atoms with van der Waals surface area (Å²) in [6.45, 7) is 0.686. The summed E-state index contributed by atoms with van der Waals surface area (Å²) >= 11 is 0. The second-order valence-electron chi connectivity index (χ2n) is 5.82. The van der Waals surface area contributed by atoms with E-state index in [1.165, 1.54) is 31.2 Å². The minimum atomic E-state index is 0.128. The zero-order valence-corrected chi connectivity index (χ0v) is 12.3. The van der Waals surface area contributed by atoms with Crippen LogP contribution in [0.15, 0.2) is 42.7 Å². The van der Waals surface area contributed by atoms with Crippen molar-refractivity contribution < 1.29 is 5.11 Å². The lowest BCUT2D eigenvalue weighted by atomic mass is 9.82. The molecule has 1 aliphatic carbocycles. The lowest BCUT2D eigenvalue weighted by molar-refractivity contribution is 0.269. The summed E-state index contributed by atoms with van der Waals surface area (Å²) < 4.78 is 1.78. The van der Waals surface area contributed by atoms with Gasteiger partial charge in [-0.25, -0.2) is 0 Å². The maximum absolute atomic E-state index is 8.91. The van der Waals surface area contributed by atoms with Gasteiger partial charge in [-0.1, -0.05) is 30.3 Å². The molecular weight excluding hydrogens is 262 g/mol.